The summed E-state index contributed by atoms with van der Waals surface area (Å²) in [6.07, 6.45) is 0. The number of hydrogen-bond donors (Lipinski definition) is 1. The van der Waals surface area contributed by atoms with E-state index >= 15 is 0 Å². The number of oxime groups is 1. The summed E-state index contributed by atoms with van der Waals surface area (Å²) in [6, 6.07) is 0. The number of rotatable bonds is 0. The van der Waals surface area contributed by atoms with Crippen molar-refractivity contribution in [3.63, 3.8) is 0 Å². The van der Waals surface area contributed by atoms with E-state index in [1.807, 2.05) is 0 Å². The molecule has 0 saturated carbocycles. The molecule has 0 aliphatic carbocycles. The highest BCUT2D eigenvalue weighted by molar-refractivity contribution is 8.29. The van der Waals surface area contributed by atoms with Gasteiger partial charge in [0.25, 0.3) is 0 Å². The number of thioether (sulfide) groups is 2. The van der Waals surface area contributed by atoms with E-state index in [9.17, 15) is 0 Å². The molecule has 0 atom stereocenters. The summed E-state index contributed by atoms with van der Waals surface area (Å²) in [5.41, 5.74) is 0. The van der Waals surface area contributed by atoms with Crippen LogP contribution in [0.3, 0.4) is 0 Å². The first-order chi connectivity index (χ1) is 4.17. The van der Waals surface area contributed by atoms with Gasteiger partial charge in [0, 0.05) is 5.08 Å². The molecule has 0 radical (unpaired) electrons. The van der Waals surface area contributed by atoms with Crippen molar-refractivity contribution in [1.29, 1.82) is 0 Å². The summed E-state index contributed by atoms with van der Waals surface area (Å²) < 4.78 is 0.0411. The lowest BCUT2D eigenvalue weighted by Gasteiger charge is -2.13. The van der Waals surface area contributed by atoms with Crippen LogP contribution in [0.2, 0.25) is 0 Å². The Labute approximate surface area is 63.1 Å². The molecule has 1 rings (SSSR count). The fourth-order valence-corrected chi connectivity index (χ4v) is 3.40. The first-order valence-corrected chi connectivity index (χ1v) is 4.63. The molecule has 0 spiro atoms. The van der Waals surface area contributed by atoms with Crippen LogP contribution >= 0.6 is 23.5 Å². The Morgan fingerprint density at radius 2 is 2.33 bits per heavy atom. The molecule has 4 heteroatoms. The number of hydrogen-bond acceptors (Lipinski definition) is 4. The topological polar surface area (TPSA) is 32.6 Å². The van der Waals surface area contributed by atoms with Crippen molar-refractivity contribution < 1.29 is 5.21 Å². The molecule has 0 aromatic carbocycles. The Morgan fingerprint density at radius 3 is 2.56 bits per heavy atom. The molecule has 0 aromatic heterocycles. The summed E-state index contributed by atoms with van der Waals surface area (Å²) in [4.78, 5) is 0. The lowest BCUT2D eigenvalue weighted by Crippen LogP contribution is -2.19. The average Bonchev–Trinajstić information content (AvgIpc) is 2.08. The summed E-state index contributed by atoms with van der Waals surface area (Å²) in [7, 11) is 0. The van der Waals surface area contributed by atoms with Gasteiger partial charge in [-0.3, -0.25) is 0 Å². The maximum Gasteiger partial charge on any atom is 0.129 e. The van der Waals surface area contributed by atoms with Crippen LogP contribution in [-0.4, -0.2) is 20.1 Å². The van der Waals surface area contributed by atoms with Crippen molar-refractivity contribution in [2.24, 2.45) is 5.16 Å². The van der Waals surface area contributed by atoms with Crippen molar-refractivity contribution in [2.75, 3.05) is 5.08 Å². The second kappa shape index (κ2) is 2.42. The minimum atomic E-state index is 0.0411. The monoisotopic (exact) mass is 163 g/mol. The fourth-order valence-electron chi connectivity index (χ4n) is 0.617. The lowest BCUT2D eigenvalue weighted by atomic mass is 10.2. The van der Waals surface area contributed by atoms with E-state index in [0.717, 1.165) is 10.1 Å². The maximum atomic E-state index is 8.46. The fraction of sp³-hybridized carbons (Fsp3) is 0.800. The molecule has 0 aromatic rings. The lowest BCUT2D eigenvalue weighted by molar-refractivity contribution is 0.319. The molecule has 1 N–H and O–H groups in total. The van der Waals surface area contributed by atoms with Crippen LogP contribution < -0.4 is 0 Å². The second-order valence-electron chi connectivity index (χ2n) is 2.32. The van der Waals surface area contributed by atoms with E-state index < -0.39 is 0 Å². The molecule has 1 heterocycles. The van der Waals surface area contributed by atoms with Gasteiger partial charge in [-0.25, -0.2) is 0 Å². The molecule has 1 saturated heterocycles. The Hall–Kier alpha value is 0.170. The van der Waals surface area contributed by atoms with Crippen LogP contribution in [0.5, 0.6) is 0 Å². The SMILES string of the molecule is CC1(C)SCS/C1=N\O. The normalized spacial score (nSPS) is 29.3. The van der Waals surface area contributed by atoms with Gasteiger partial charge in [0.05, 0.1) is 4.75 Å². The zero-order chi connectivity index (χ0) is 6.91. The molecule has 52 valence electrons. The van der Waals surface area contributed by atoms with Crippen LogP contribution in [0, 0.1) is 0 Å². The minimum Gasteiger partial charge on any atom is -0.410 e. The molecule has 9 heavy (non-hydrogen) atoms. The summed E-state index contributed by atoms with van der Waals surface area (Å²) in [5, 5.41) is 13.5. The van der Waals surface area contributed by atoms with Crippen LogP contribution in [0.4, 0.5) is 0 Å². The molecular formula is C5H9NOS2. The van der Waals surface area contributed by atoms with Crippen LogP contribution in [0.15, 0.2) is 5.16 Å². The summed E-state index contributed by atoms with van der Waals surface area (Å²) in [5.74, 6) is 0. The molecule has 0 unspecified atom stereocenters. The van der Waals surface area contributed by atoms with Crippen molar-refractivity contribution in [3.8, 4) is 0 Å². The molecule has 2 nitrogen and oxygen atoms in total. The maximum absolute atomic E-state index is 8.46. The molecule has 0 bridgehead atoms. The number of nitrogens with zero attached hydrogens (tertiary/aromatic N) is 1. The standard InChI is InChI=1S/C5H9NOS2/c1-5(2)4(6-7)8-3-9-5/h7H,3H2,1-2H3/b6-4-. The van der Waals surface area contributed by atoms with Gasteiger partial charge in [0.15, 0.2) is 0 Å². The Balaban J connectivity index is 2.75. The van der Waals surface area contributed by atoms with E-state index in [1.165, 1.54) is 0 Å². The molecule has 1 aliphatic heterocycles. The zero-order valence-electron chi connectivity index (χ0n) is 5.42. The highest BCUT2D eigenvalue weighted by atomic mass is 32.2. The van der Waals surface area contributed by atoms with E-state index in [0.29, 0.717) is 0 Å². The van der Waals surface area contributed by atoms with E-state index in [1.54, 1.807) is 23.5 Å². The van der Waals surface area contributed by atoms with E-state index in [4.69, 9.17) is 5.21 Å². The smallest absolute Gasteiger partial charge is 0.129 e. The largest absolute Gasteiger partial charge is 0.410 e. The molecule has 0 amide bonds. The van der Waals surface area contributed by atoms with Crippen LogP contribution in [-0.2, 0) is 0 Å². The first kappa shape index (κ1) is 7.28. The zero-order valence-corrected chi connectivity index (χ0v) is 7.05. The minimum absolute atomic E-state index is 0.0411. The van der Waals surface area contributed by atoms with Crippen molar-refractivity contribution in [1.82, 2.24) is 0 Å². The van der Waals surface area contributed by atoms with Gasteiger partial charge in [0.2, 0.25) is 0 Å². The predicted octanol–water partition coefficient (Wildman–Crippen LogP) is 1.99. The Bertz CT molecular complexity index is 144. The van der Waals surface area contributed by atoms with Crippen molar-refractivity contribution in [3.05, 3.63) is 0 Å². The molecule has 1 aliphatic rings. The first-order valence-electron chi connectivity index (χ1n) is 2.66. The van der Waals surface area contributed by atoms with Crippen LogP contribution in [0.1, 0.15) is 13.8 Å². The highest BCUT2D eigenvalue weighted by Gasteiger charge is 2.32. The third-order valence-electron chi connectivity index (χ3n) is 1.22. The Kier molecular flexibility index (Phi) is 1.96. The van der Waals surface area contributed by atoms with E-state index in [2.05, 4.69) is 19.0 Å². The second-order valence-corrected chi connectivity index (χ2v) is 5.25. The quantitative estimate of drug-likeness (QED) is 0.438. The average molecular weight is 163 g/mol. The van der Waals surface area contributed by atoms with Crippen molar-refractivity contribution >= 4 is 28.6 Å². The molecule has 1 fully saturated rings. The highest BCUT2D eigenvalue weighted by Crippen LogP contribution is 2.40. The third-order valence-corrected chi connectivity index (χ3v) is 4.07. The van der Waals surface area contributed by atoms with Gasteiger partial charge in [0.1, 0.15) is 5.04 Å². The Morgan fingerprint density at radius 1 is 1.67 bits per heavy atom. The van der Waals surface area contributed by atoms with E-state index in [-0.39, 0.29) is 4.75 Å². The van der Waals surface area contributed by atoms with Gasteiger partial charge in [-0.15, -0.1) is 11.8 Å². The van der Waals surface area contributed by atoms with Gasteiger partial charge in [-0.2, -0.15) is 0 Å². The van der Waals surface area contributed by atoms with Crippen molar-refractivity contribution in [2.45, 2.75) is 18.6 Å². The predicted molar refractivity (Wildman–Crippen MR) is 43.3 cm³/mol. The van der Waals surface area contributed by atoms with Gasteiger partial charge < -0.3 is 5.21 Å². The van der Waals surface area contributed by atoms with Gasteiger partial charge >= 0.3 is 0 Å². The van der Waals surface area contributed by atoms with Gasteiger partial charge in [-0.1, -0.05) is 16.9 Å². The van der Waals surface area contributed by atoms with Gasteiger partial charge in [-0.05, 0) is 13.8 Å². The summed E-state index contributed by atoms with van der Waals surface area (Å²) >= 11 is 3.42. The molecular weight excluding hydrogens is 154 g/mol. The summed E-state index contributed by atoms with van der Waals surface area (Å²) in [6.45, 7) is 4.12. The van der Waals surface area contributed by atoms with Crippen LogP contribution in [0.25, 0.3) is 0 Å². The third kappa shape index (κ3) is 1.35.